The number of rotatable bonds is 6. The summed E-state index contributed by atoms with van der Waals surface area (Å²) in [4.78, 5) is 42.8. The van der Waals surface area contributed by atoms with Crippen molar-refractivity contribution in [3.63, 3.8) is 0 Å². The molecule has 1 heterocycles. The predicted octanol–water partition coefficient (Wildman–Crippen LogP) is 2.54. The lowest BCUT2D eigenvalue weighted by Crippen LogP contribution is -2.28. The normalized spacial score (nSPS) is 11.8. The zero-order valence-corrected chi connectivity index (χ0v) is 15.7. The Balaban J connectivity index is 1.68. The molecule has 0 saturated heterocycles. The van der Waals surface area contributed by atoms with E-state index < -0.39 is 12.0 Å². The van der Waals surface area contributed by atoms with Gasteiger partial charge in [-0.3, -0.25) is 14.4 Å². The van der Waals surface area contributed by atoms with E-state index in [0.29, 0.717) is 10.9 Å². The molecule has 3 aromatic rings. The Morgan fingerprint density at radius 1 is 1.14 bits per heavy atom. The number of H-pyrrole nitrogens is 1. The summed E-state index contributed by atoms with van der Waals surface area (Å²) >= 11 is 0. The molecular weight excluding hydrogens is 358 g/mol. The fourth-order valence-electron chi connectivity index (χ4n) is 2.87. The minimum Gasteiger partial charge on any atom is -0.457 e. The summed E-state index contributed by atoms with van der Waals surface area (Å²) in [6, 6.07) is 14.0. The Labute approximate surface area is 161 Å². The fraction of sp³-hybridized carbons (Fsp3) is 0.238. The van der Waals surface area contributed by atoms with Crippen molar-refractivity contribution in [1.82, 2.24) is 15.3 Å². The van der Waals surface area contributed by atoms with Crippen LogP contribution in [0.1, 0.15) is 36.3 Å². The van der Waals surface area contributed by atoms with Crippen LogP contribution in [0.4, 0.5) is 0 Å². The van der Waals surface area contributed by atoms with Gasteiger partial charge in [0.25, 0.3) is 5.56 Å². The van der Waals surface area contributed by atoms with Crippen molar-refractivity contribution in [2.45, 2.75) is 32.9 Å². The number of carbonyl (C=O) groups is 2. The molecule has 0 aliphatic heterocycles. The molecule has 2 N–H and O–H groups in total. The lowest BCUT2D eigenvalue weighted by atomic mass is 10.0. The first-order valence-electron chi connectivity index (χ1n) is 8.89. The Morgan fingerprint density at radius 2 is 1.86 bits per heavy atom. The van der Waals surface area contributed by atoms with Crippen LogP contribution in [0.15, 0.2) is 53.3 Å². The molecule has 1 aromatic heterocycles. The smallest absolute Gasteiger partial charge is 0.308 e. The molecule has 0 aliphatic carbocycles. The number of hydrogen-bond donors (Lipinski definition) is 2. The van der Waals surface area contributed by atoms with Crippen molar-refractivity contribution in [1.29, 1.82) is 0 Å². The highest BCUT2D eigenvalue weighted by atomic mass is 16.5. The van der Waals surface area contributed by atoms with E-state index in [1.807, 2.05) is 31.2 Å². The SMILES string of the molecule is CC(=O)N[C@@H](CC(=O)OCc1nc2ccccc2c(=O)[nH]1)c1ccc(C)cc1. The first kappa shape index (κ1) is 19.3. The third-order valence-electron chi connectivity index (χ3n) is 4.26. The third-order valence-corrected chi connectivity index (χ3v) is 4.26. The number of para-hydroxylation sites is 1. The van der Waals surface area contributed by atoms with Gasteiger partial charge in [0.1, 0.15) is 12.4 Å². The Kier molecular flexibility index (Phi) is 5.84. The number of nitrogens with one attached hydrogen (secondary N) is 2. The first-order valence-corrected chi connectivity index (χ1v) is 8.89. The van der Waals surface area contributed by atoms with Gasteiger partial charge in [-0.25, -0.2) is 4.98 Å². The summed E-state index contributed by atoms with van der Waals surface area (Å²) in [5.74, 6) is -0.475. The van der Waals surface area contributed by atoms with Crippen molar-refractivity contribution >= 4 is 22.8 Å². The maximum atomic E-state index is 12.3. The van der Waals surface area contributed by atoms with Crippen LogP contribution in [0, 0.1) is 6.92 Å². The van der Waals surface area contributed by atoms with Crippen molar-refractivity contribution in [3.05, 3.63) is 75.8 Å². The second kappa shape index (κ2) is 8.47. The number of carbonyl (C=O) groups excluding carboxylic acids is 2. The van der Waals surface area contributed by atoms with Gasteiger partial charge in [0, 0.05) is 6.92 Å². The number of amides is 1. The number of aromatic amines is 1. The van der Waals surface area contributed by atoms with Crippen molar-refractivity contribution in [2.24, 2.45) is 0 Å². The Bertz CT molecular complexity index is 1060. The lowest BCUT2D eigenvalue weighted by Gasteiger charge is -2.18. The molecule has 1 atom stereocenters. The Morgan fingerprint density at radius 3 is 2.57 bits per heavy atom. The van der Waals surface area contributed by atoms with E-state index in [0.717, 1.165) is 11.1 Å². The van der Waals surface area contributed by atoms with Gasteiger partial charge < -0.3 is 15.0 Å². The first-order chi connectivity index (χ1) is 13.4. The topological polar surface area (TPSA) is 101 Å². The number of aromatic nitrogens is 2. The minimum atomic E-state index is -0.505. The Hall–Kier alpha value is -3.48. The van der Waals surface area contributed by atoms with Gasteiger partial charge in [0.15, 0.2) is 0 Å². The van der Waals surface area contributed by atoms with Crippen molar-refractivity contribution in [2.75, 3.05) is 0 Å². The van der Waals surface area contributed by atoms with Crippen LogP contribution in [-0.2, 0) is 20.9 Å². The van der Waals surface area contributed by atoms with E-state index in [9.17, 15) is 14.4 Å². The molecule has 0 fully saturated rings. The second-order valence-corrected chi connectivity index (χ2v) is 6.56. The molecular formula is C21H21N3O4. The van der Waals surface area contributed by atoms with Crippen LogP contribution >= 0.6 is 0 Å². The fourth-order valence-corrected chi connectivity index (χ4v) is 2.87. The summed E-state index contributed by atoms with van der Waals surface area (Å²) in [7, 11) is 0. The van der Waals surface area contributed by atoms with Gasteiger partial charge in [-0.05, 0) is 24.6 Å². The molecule has 0 aliphatic rings. The van der Waals surface area contributed by atoms with Crippen LogP contribution in [0.5, 0.6) is 0 Å². The number of benzene rings is 2. The molecule has 0 bridgehead atoms. The number of aryl methyl sites for hydroxylation is 1. The van der Waals surface area contributed by atoms with E-state index in [2.05, 4.69) is 15.3 Å². The van der Waals surface area contributed by atoms with Gasteiger partial charge in [0.2, 0.25) is 5.91 Å². The molecule has 3 rings (SSSR count). The minimum absolute atomic E-state index is 0.0273. The molecule has 2 aromatic carbocycles. The molecule has 28 heavy (non-hydrogen) atoms. The van der Waals surface area contributed by atoms with E-state index >= 15 is 0 Å². The average Bonchev–Trinajstić information content (AvgIpc) is 2.66. The zero-order valence-electron chi connectivity index (χ0n) is 15.7. The maximum Gasteiger partial charge on any atom is 0.308 e. The summed E-state index contributed by atoms with van der Waals surface area (Å²) in [5, 5.41) is 3.24. The van der Waals surface area contributed by atoms with E-state index in [-0.39, 0.29) is 30.3 Å². The van der Waals surface area contributed by atoms with Crippen LogP contribution in [0.25, 0.3) is 10.9 Å². The maximum absolute atomic E-state index is 12.3. The molecule has 0 radical (unpaired) electrons. The van der Waals surface area contributed by atoms with Crippen LogP contribution in [0.3, 0.4) is 0 Å². The predicted molar refractivity (Wildman–Crippen MR) is 105 cm³/mol. The number of nitrogens with zero attached hydrogens (tertiary/aromatic N) is 1. The molecule has 0 unspecified atom stereocenters. The van der Waals surface area contributed by atoms with E-state index in [1.165, 1.54) is 6.92 Å². The van der Waals surface area contributed by atoms with Crippen molar-refractivity contribution in [3.8, 4) is 0 Å². The molecule has 144 valence electrons. The molecule has 7 heteroatoms. The largest absolute Gasteiger partial charge is 0.457 e. The highest BCUT2D eigenvalue weighted by Crippen LogP contribution is 2.18. The van der Waals surface area contributed by atoms with Gasteiger partial charge in [-0.1, -0.05) is 42.0 Å². The highest BCUT2D eigenvalue weighted by molar-refractivity contribution is 5.77. The van der Waals surface area contributed by atoms with E-state index in [4.69, 9.17) is 4.74 Å². The van der Waals surface area contributed by atoms with Crippen LogP contribution in [0.2, 0.25) is 0 Å². The second-order valence-electron chi connectivity index (χ2n) is 6.56. The van der Waals surface area contributed by atoms with Gasteiger partial charge in [-0.15, -0.1) is 0 Å². The van der Waals surface area contributed by atoms with Gasteiger partial charge in [-0.2, -0.15) is 0 Å². The standard InChI is InChI=1S/C21H21N3O4/c1-13-7-9-15(10-8-13)18(22-14(2)25)11-20(26)28-12-19-23-17-6-4-3-5-16(17)21(27)24-19/h3-10,18H,11-12H2,1-2H3,(H,22,25)(H,23,24,27)/t18-/m0/s1. The zero-order chi connectivity index (χ0) is 20.1. The molecule has 0 saturated carbocycles. The summed E-state index contributed by atoms with van der Waals surface area (Å²) in [6.07, 6.45) is -0.0273. The highest BCUT2D eigenvalue weighted by Gasteiger charge is 2.18. The quantitative estimate of drug-likeness (QED) is 0.641. The number of hydrogen-bond acceptors (Lipinski definition) is 5. The molecule has 0 spiro atoms. The van der Waals surface area contributed by atoms with Gasteiger partial charge in [0.05, 0.1) is 23.4 Å². The monoisotopic (exact) mass is 379 g/mol. The summed E-state index contributed by atoms with van der Waals surface area (Å²) in [5.41, 5.74) is 2.15. The number of esters is 1. The van der Waals surface area contributed by atoms with Crippen LogP contribution in [-0.4, -0.2) is 21.8 Å². The third kappa shape index (κ3) is 4.82. The van der Waals surface area contributed by atoms with Gasteiger partial charge >= 0.3 is 5.97 Å². The number of fused-ring (bicyclic) bond motifs is 1. The molecule has 7 nitrogen and oxygen atoms in total. The summed E-state index contributed by atoms with van der Waals surface area (Å²) < 4.78 is 5.27. The summed E-state index contributed by atoms with van der Waals surface area (Å²) in [6.45, 7) is 3.21. The van der Waals surface area contributed by atoms with Crippen LogP contribution < -0.4 is 10.9 Å². The lowest BCUT2D eigenvalue weighted by molar-refractivity contribution is -0.146. The van der Waals surface area contributed by atoms with Crippen molar-refractivity contribution < 1.29 is 14.3 Å². The average molecular weight is 379 g/mol. The molecule has 1 amide bonds. The van der Waals surface area contributed by atoms with E-state index in [1.54, 1.807) is 24.3 Å². The number of ether oxygens (including phenoxy) is 1.